The van der Waals surface area contributed by atoms with Gasteiger partial charge in [-0.3, -0.25) is 4.57 Å². The smallest absolute Gasteiger partial charge is 0.230 e. The fourth-order valence-electron chi connectivity index (χ4n) is 3.74. The lowest BCUT2D eigenvalue weighted by atomic mass is 9.89. The molecular weight excluding hydrogens is 352 g/mol. The highest BCUT2D eigenvalue weighted by atomic mass is 32.2. The highest BCUT2D eigenvalue weighted by Crippen LogP contribution is 2.43. The number of hydrogen-bond acceptors (Lipinski definition) is 6. The zero-order chi connectivity index (χ0) is 16.8. The normalized spacial score (nSPS) is 17.5. The average Bonchev–Trinajstić information content (AvgIpc) is 3.38. The van der Waals surface area contributed by atoms with Gasteiger partial charge in [0, 0.05) is 16.5 Å². The number of thiophene rings is 1. The summed E-state index contributed by atoms with van der Waals surface area (Å²) in [6.45, 7) is 2.20. The van der Waals surface area contributed by atoms with Crippen LogP contribution in [0.25, 0.3) is 17.2 Å². The third kappa shape index (κ3) is 2.64. The minimum Gasteiger partial charge on any atom is -0.339 e. The molecule has 1 aliphatic heterocycles. The van der Waals surface area contributed by atoms with Crippen LogP contribution in [-0.2, 0) is 12.2 Å². The van der Waals surface area contributed by atoms with Crippen LogP contribution in [0.5, 0.6) is 0 Å². The number of aromatic nitrogens is 4. The highest BCUT2D eigenvalue weighted by molar-refractivity contribution is 8.00. The van der Waals surface area contributed by atoms with E-state index in [0.717, 1.165) is 36.6 Å². The molecule has 3 aromatic heterocycles. The third-order valence-corrected chi connectivity index (χ3v) is 7.71. The molecule has 0 unspecified atom stereocenters. The molecule has 130 valence electrons. The highest BCUT2D eigenvalue weighted by Gasteiger charge is 2.27. The number of thioether (sulfide) groups is 1. The zero-order valence-corrected chi connectivity index (χ0v) is 15.8. The topological polar surface area (TPSA) is 56.7 Å². The number of aryl methyl sites for hydroxylation is 1. The van der Waals surface area contributed by atoms with Crippen molar-refractivity contribution in [3.8, 4) is 17.2 Å². The van der Waals surface area contributed by atoms with Crippen molar-refractivity contribution in [3.63, 3.8) is 0 Å². The molecular formula is C18H20N4OS2. The molecule has 0 aromatic carbocycles. The predicted octanol–water partition coefficient (Wildman–Crippen LogP) is 5.20. The fourth-order valence-corrected chi connectivity index (χ4v) is 6.14. The Morgan fingerprint density at radius 3 is 3.00 bits per heavy atom. The lowest BCUT2D eigenvalue weighted by Gasteiger charge is -2.17. The van der Waals surface area contributed by atoms with Crippen LogP contribution in [0.2, 0.25) is 0 Å². The van der Waals surface area contributed by atoms with E-state index >= 15 is 0 Å². The van der Waals surface area contributed by atoms with Gasteiger partial charge in [-0.1, -0.05) is 31.3 Å². The Labute approximate surface area is 154 Å². The van der Waals surface area contributed by atoms with Crippen LogP contribution in [0.15, 0.2) is 21.1 Å². The number of nitrogens with zero attached hydrogens (tertiary/aromatic N) is 4. The molecule has 0 N–H and O–H groups in total. The summed E-state index contributed by atoms with van der Waals surface area (Å²) < 4.78 is 9.18. The summed E-state index contributed by atoms with van der Waals surface area (Å²) in [5.74, 6) is 2.77. The Hall–Kier alpha value is -1.60. The van der Waals surface area contributed by atoms with E-state index in [0.29, 0.717) is 11.7 Å². The Balaban J connectivity index is 1.49. The molecule has 0 bridgehead atoms. The molecule has 2 aliphatic rings. The van der Waals surface area contributed by atoms with Crippen molar-refractivity contribution in [2.45, 2.75) is 61.3 Å². The number of fused-ring (bicyclic) bond motifs is 3. The second kappa shape index (κ2) is 6.29. The van der Waals surface area contributed by atoms with Crippen molar-refractivity contribution in [2.24, 2.45) is 0 Å². The van der Waals surface area contributed by atoms with Crippen molar-refractivity contribution in [2.75, 3.05) is 0 Å². The van der Waals surface area contributed by atoms with Gasteiger partial charge >= 0.3 is 0 Å². The van der Waals surface area contributed by atoms with Gasteiger partial charge in [0.15, 0.2) is 0 Å². The van der Waals surface area contributed by atoms with Gasteiger partial charge in [0.2, 0.25) is 11.7 Å². The molecule has 3 aromatic rings. The Bertz CT molecular complexity index is 904. The molecule has 1 aliphatic carbocycles. The molecule has 0 saturated heterocycles. The predicted molar refractivity (Wildman–Crippen MR) is 99.5 cm³/mol. The molecule has 0 atom stereocenters. The second-order valence-electron chi connectivity index (χ2n) is 6.73. The molecule has 7 heteroatoms. The summed E-state index contributed by atoms with van der Waals surface area (Å²) >= 11 is 3.78. The van der Waals surface area contributed by atoms with E-state index in [2.05, 4.69) is 27.7 Å². The Morgan fingerprint density at radius 2 is 2.16 bits per heavy atom. The lowest BCUT2D eigenvalue weighted by molar-refractivity contribution is 0.314. The van der Waals surface area contributed by atoms with Gasteiger partial charge in [0.1, 0.15) is 12.0 Å². The zero-order valence-electron chi connectivity index (χ0n) is 14.2. The first-order valence-corrected chi connectivity index (χ1v) is 10.8. The van der Waals surface area contributed by atoms with Crippen molar-refractivity contribution in [1.29, 1.82) is 0 Å². The summed E-state index contributed by atoms with van der Waals surface area (Å²) in [4.78, 5) is 10.7. The van der Waals surface area contributed by atoms with Crippen molar-refractivity contribution in [1.82, 2.24) is 19.7 Å². The summed E-state index contributed by atoms with van der Waals surface area (Å²) in [7, 11) is 0. The van der Waals surface area contributed by atoms with Gasteiger partial charge in [-0.2, -0.15) is 4.98 Å². The molecule has 4 heterocycles. The van der Waals surface area contributed by atoms with E-state index in [1.54, 1.807) is 0 Å². The largest absolute Gasteiger partial charge is 0.339 e. The number of hydrogen-bond donors (Lipinski definition) is 0. The summed E-state index contributed by atoms with van der Waals surface area (Å²) in [6.07, 6.45) is 9.16. The molecule has 25 heavy (non-hydrogen) atoms. The quantitative estimate of drug-likeness (QED) is 0.632. The molecule has 5 rings (SSSR count). The van der Waals surface area contributed by atoms with Crippen LogP contribution in [0.4, 0.5) is 0 Å². The molecule has 5 nitrogen and oxygen atoms in total. The SMILES string of the molecule is CCc1cc2c(s1)SCc1c(-c3noc(C4CCCCC4)n3)ncn1-2. The van der Waals surface area contributed by atoms with E-state index in [9.17, 15) is 0 Å². The van der Waals surface area contributed by atoms with Crippen molar-refractivity contribution >= 4 is 23.1 Å². The van der Waals surface area contributed by atoms with Gasteiger partial charge < -0.3 is 4.52 Å². The maximum atomic E-state index is 5.59. The first kappa shape index (κ1) is 15.6. The first-order chi connectivity index (χ1) is 12.3. The van der Waals surface area contributed by atoms with Gasteiger partial charge in [-0.15, -0.1) is 23.1 Å². The van der Waals surface area contributed by atoms with Crippen LogP contribution >= 0.6 is 23.1 Å². The van der Waals surface area contributed by atoms with Crippen molar-refractivity contribution in [3.05, 3.63) is 28.9 Å². The Morgan fingerprint density at radius 1 is 1.28 bits per heavy atom. The van der Waals surface area contributed by atoms with Crippen LogP contribution in [0, 0.1) is 0 Å². The van der Waals surface area contributed by atoms with Crippen LogP contribution < -0.4 is 0 Å². The molecule has 0 spiro atoms. The van der Waals surface area contributed by atoms with E-state index in [-0.39, 0.29) is 0 Å². The monoisotopic (exact) mass is 372 g/mol. The van der Waals surface area contributed by atoms with Crippen LogP contribution in [0.1, 0.15) is 61.4 Å². The maximum Gasteiger partial charge on any atom is 0.230 e. The van der Waals surface area contributed by atoms with Crippen LogP contribution in [0.3, 0.4) is 0 Å². The van der Waals surface area contributed by atoms with Crippen molar-refractivity contribution < 1.29 is 4.52 Å². The van der Waals surface area contributed by atoms with Crippen LogP contribution in [-0.4, -0.2) is 19.7 Å². The second-order valence-corrected chi connectivity index (χ2v) is 9.11. The minimum absolute atomic E-state index is 0.429. The molecule has 0 radical (unpaired) electrons. The van der Waals surface area contributed by atoms with E-state index in [1.807, 2.05) is 29.4 Å². The minimum atomic E-state index is 0.429. The summed E-state index contributed by atoms with van der Waals surface area (Å²) in [5.41, 5.74) is 3.30. The average molecular weight is 373 g/mol. The first-order valence-electron chi connectivity index (χ1n) is 8.99. The summed E-state index contributed by atoms with van der Waals surface area (Å²) in [6, 6.07) is 2.28. The van der Waals surface area contributed by atoms with Gasteiger partial charge in [0.25, 0.3) is 0 Å². The fraction of sp³-hybridized carbons (Fsp3) is 0.500. The van der Waals surface area contributed by atoms with E-state index in [4.69, 9.17) is 9.51 Å². The molecule has 1 saturated carbocycles. The maximum absolute atomic E-state index is 5.59. The molecule has 1 fully saturated rings. The Kier molecular flexibility index (Phi) is 3.93. The van der Waals surface area contributed by atoms with Gasteiger partial charge in [-0.05, 0) is 25.3 Å². The number of rotatable bonds is 3. The number of imidazole rings is 1. The van der Waals surface area contributed by atoms with Gasteiger partial charge in [0.05, 0.1) is 15.6 Å². The lowest BCUT2D eigenvalue weighted by Crippen LogP contribution is -2.05. The van der Waals surface area contributed by atoms with E-state index in [1.165, 1.54) is 39.7 Å². The molecule has 0 amide bonds. The summed E-state index contributed by atoms with van der Waals surface area (Å²) in [5, 5.41) is 4.25. The standard InChI is InChI=1S/C18H20N4OS2/c1-2-12-8-13-18(25-12)24-9-14-15(19-10-22(13)14)16-20-17(23-21-16)11-6-4-3-5-7-11/h8,10-11H,2-7,9H2,1H3. The van der Waals surface area contributed by atoms with Gasteiger partial charge in [-0.25, -0.2) is 4.98 Å². The van der Waals surface area contributed by atoms with E-state index < -0.39 is 0 Å². The third-order valence-electron chi connectivity index (χ3n) is 5.15.